The number of piperidine rings is 1. The van der Waals surface area contributed by atoms with Gasteiger partial charge in [0, 0.05) is 32.3 Å². The minimum Gasteiger partial charge on any atom is -0.465 e. The van der Waals surface area contributed by atoms with Gasteiger partial charge in [0.25, 0.3) is 0 Å². The molecule has 2 rings (SSSR count). The molecule has 0 aromatic heterocycles. The van der Waals surface area contributed by atoms with E-state index in [2.05, 4.69) is 5.32 Å². The molecule has 0 aromatic rings. The Labute approximate surface area is 102 Å². The molecular formula is C12H22N2O3. The van der Waals surface area contributed by atoms with Gasteiger partial charge in [-0.1, -0.05) is 0 Å². The highest BCUT2D eigenvalue weighted by Crippen LogP contribution is 2.17. The first-order valence-corrected chi connectivity index (χ1v) is 6.54. The number of nitrogens with zero attached hydrogens (tertiary/aromatic N) is 1. The van der Waals surface area contributed by atoms with Crippen LogP contribution in [-0.2, 0) is 4.74 Å². The fourth-order valence-corrected chi connectivity index (χ4v) is 2.56. The molecule has 0 atom stereocenters. The number of ether oxygens (including phenoxy) is 1. The number of nitrogens with one attached hydrogen (secondary N) is 1. The highest BCUT2D eigenvalue weighted by atomic mass is 16.5. The van der Waals surface area contributed by atoms with E-state index in [4.69, 9.17) is 9.84 Å². The minimum absolute atomic E-state index is 0.598. The second-order valence-corrected chi connectivity index (χ2v) is 5.01. The van der Waals surface area contributed by atoms with Crippen molar-refractivity contribution in [1.82, 2.24) is 10.2 Å². The number of likely N-dealkylation sites (tertiary alicyclic amines) is 1. The smallest absolute Gasteiger partial charge is 0.407 e. The maximum atomic E-state index is 10.8. The van der Waals surface area contributed by atoms with E-state index in [1.54, 1.807) is 0 Å². The molecule has 2 aliphatic rings. The predicted octanol–water partition coefficient (Wildman–Crippen LogP) is 1.14. The highest BCUT2D eigenvalue weighted by molar-refractivity contribution is 5.64. The molecule has 0 bridgehead atoms. The molecule has 2 saturated heterocycles. The molecule has 0 aromatic carbocycles. The van der Waals surface area contributed by atoms with Gasteiger partial charge in [-0.05, 0) is 38.1 Å². The molecule has 98 valence electrons. The average molecular weight is 242 g/mol. The summed E-state index contributed by atoms with van der Waals surface area (Å²) in [5.41, 5.74) is 0. The van der Waals surface area contributed by atoms with Gasteiger partial charge >= 0.3 is 6.09 Å². The van der Waals surface area contributed by atoms with Crippen LogP contribution in [0.3, 0.4) is 0 Å². The summed E-state index contributed by atoms with van der Waals surface area (Å²) < 4.78 is 5.32. The van der Waals surface area contributed by atoms with Crippen molar-refractivity contribution in [3.05, 3.63) is 0 Å². The van der Waals surface area contributed by atoms with E-state index >= 15 is 0 Å². The van der Waals surface area contributed by atoms with Gasteiger partial charge in [0.05, 0.1) is 0 Å². The average Bonchev–Trinajstić information content (AvgIpc) is 2.38. The van der Waals surface area contributed by atoms with Gasteiger partial charge in [0.1, 0.15) is 0 Å². The summed E-state index contributed by atoms with van der Waals surface area (Å²) in [5.74, 6) is 0.633. The predicted molar refractivity (Wildman–Crippen MR) is 64.2 cm³/mol. The Kier molecular flexibility index (Phi) is 4.62. The Morgan fingerprint density at radius 2 is 1.88 bits per heavy atom. The number of carboxylic acid groups (broad SMARTS) is 1. The molecule has 2 N–H and O–H groups in total. The van der Waals surface area contributed by atoms with Crippen LogP contribution >= 0.6 is 0 Å². The lowest BCUT2D eigenvalue weighted by Gasteiger charge is -2.32. The summed E-state index contributed by atoms with van der Waals surface area (Å²) >= 11 is 0. The van der Waals surface area contributed by atoms with Gasteiger partial charge in [0.2, 0.25) is 0 Å². The van der Waals surface area contributed by atoms with E-state index in [0.29, 0.717) is 25.0 Å². The van der Waals surface area contributed by atoms with Crippen LogP contribution in [0.15, 0.2) is 0 Å². The van der Waals surface area contributed by atoms with Crippen LogP contribution in [0.4, 0.5) is 4.79 Å². The van der Waals surface area contributed by atoms with Gasteiger partial charge in [-0.25, -0.2) is 4.79 Å². The second kappa shape index (κ2) is 6.21. The lowest BCUT2D eigenvalue weighted by molar-refractivity contribution is 0.0750. The van der Waals surface area contributed by atoms with Crippen molar-refractivity contribution in [2.45, 2.75) is 31.7 Å². The summed E-state index contributed by atoms with van der Waals surface area (Å²) in [4.78, 5) is 12.3. The van der Waals surface area contributed by atoms with Crippen molar-refractivity contribution in [2.75, 3.05) is 32.8 Å². The first kappa shape index (κ1) is 12.6. The third-order valence-electron chi connectivity index (χ3n) is 3.80. The summed E-state index contributed by atoms with van der Waals surface area (Å²) in [5, 5.41) is 12.4. The summed E-state index contributed by atoms with van der Waals surface area (Å²) in [7, 11) is 0. The third-order valence-corrected chi connectivity index (χ3v) is 3.80. The van der Waals surface area contributed by atoms with Gasteiger partial charge < -0.3 is 20.1 Å². The van der Waals surface area contributed by atoms with Crippen LogP contribution in [0.2, 0.25) is 0 Å². The van der Waals surface area contributed by atoms with E-state index in [-0.39, 0.29) is 0 Å². The lowest BCUT2D eigenvalue weighted by Crippen LogP contribution is -2.42. The van der Waals surface area contributed by atoms with E-state index in [1.165, 1.54) is 4.90 Å². The normalized spacial score (nSPS) is 23.9. The van der Waals surface area contributed by atoms with Crippen LogP contribution in [0.25, 0.3) is 0 Å². The van der Waals surface area contributed by atoms with Crippen molar-refractivity contribution in [3.63, 3.8) is 0 Å². The molecule has 0 radical (unpaired) electrons. The van der Waals surface area contributed by atoms with Gasteiger partial charge in [-0.15, -0.1) is 0 Å². The summed E-state index contributed by atoms with van der Waals surface area (Å²) in [6.07, 6.45) is 3.41. The van der Waals surface area contributed by atoms with Crippen LogP contribution in [0, 0.1) is 5.92 Å². The van der Waals surface area contributed by atoms with Gasteiger partial charge in [0.15, 0.2) is 0 Å². The van der Waals surface area contributed by atoms with E-state index in [9.17, 15) is 4.79 Å². The van der Waals surface area contributed by atoms with Crippen LogP contribution < -0.4 is 5.32 Å². The highest BCUT2D eigenvalue weighted by Gasteiger charge is 2.23. The zero-order valence-electron chi connectivity index (χ0n) is 10.2. The van der Waals surface area contributed by atoms with Crippen LogP contribution in [0.5, 0.6) is 0 Å². The molecule has 0 aliphatic carbocycles. The van der Waals surface area contributed by atoms with Crippen molar-refractivity contribution in [3.8, 4) is 0 Å². The van der Waals surface area contributed by atoms with Crippen LogP contribution in [0.1, 0.15) is 25.7 Å². The minimum atomic E-state index is -0.777. The molecular weight excluding hydrogens is 220 g/mol. The molecule has 5 heteroatoms. The fourth-order valence-electron chi connectivity index (χ4n) is 2.56. The number of amides is 1. The fraction of sp³-hybridized carbons (Fsp3) is 0.917. The quantitative estimate of drug-likeness (QED) is 0.779. The van der Waals surface area contributed by atoms with E-state index in [0.717, 1.165) is 45.4 Å². The molecule has 0 spiro atoms. The van der Waals surface area contributed by atoms with Crippen molar-refractivity contribution in [2.24, 2.45) is 5.92 Å². The molecule has 1 amide bonds. The maximum Gasteiger partial charge on any atom is 0.407 e. The van der Waals surface area contributed by atoms with Crippen molar-refractivity contribution < 1.29 is 14.6 Å². The number of hydrogen-bond donors (Lipinski definition) is 2. The second-order valence-electron chi connectivity index (χ2n) is 5.01. The molecule has 2 fully saturated rings. The number of hydrogen-bond acceptors (Lipinski definition) is 3. The molecule has 5 nitrogen and oxygen atoms in total. The SMILES string of the molecule is O=C(O)N1CCC(CNC2CCOCC2)CC1. The molecule has 17 heavy (non-hydrogen) atoms. The first-order valence-electron chi connectivity index (χ1n) is 6.54. The Morgan fingerprint density at radius 1 is 1.24 bits per heavy atom. The van der Waals surface area contributed by atoms with Crippen molar-refractivity contribution >= 4 is 6.09 Å². The Hall–Kier alpha value is -0.810. The van der Waals surface area contributed by atoms with Gasteiger partial charge in [-0.3, -0.25) is 0 Å². The van der Waals surface area contributed by atoms with E-state index in [1.807, 2.05) is 0 Å². The Bertz CT molecular complexity index is 246. The molecule has 2 heterocycles. The zero-order chi connectivity index (χ0) is 12.1. The first-order chi connectivity index (χ1) is 8.25. The topological polar surface area (TPSA) is 61.8 Å². The monoisotopic (exact) mass is 242 g/mol. The standard InChI is InChI=1S/C12H22N2O3/c15-12(16)14-5-1-10(2-6-14)9-13-11-3-7-17-8-4-11/h10-11,13H,1-9H2,(H,15,16). The Balaban J connectivity index is 1.62. The van der Waals surface area contributed by atoms with E-state index < -0.39 is 6.09 Å². The van der Waals surface area contributed by atoms with Gasteiger partial charge in [-0.2, -0.15) is 0 Å². The zero-order valence-corrected chi connectivity index (χ0v) is 10.2. The van der Waals surface area contributed by atoms with Crippen molar-refractivity contribution in [1.29, 1.82) is 0 Å². The van der Waals surface area contributed by atoms with Crippen LogP contribution in [-0.4, -0.2) is 55.0 Å². The summed E-state index contributed by atoms with van der Waals surface area (Å²) in [6.45, 7) is 4.15. The molecule has 2 aliphatic heterocycles. The third kappa shape index (κ3) is 3.85. The lowest BCUT2D eigenvalue weighted by atomic mass is 9.96. The molecule has 0 unspecified atom stereocenters. The maximum absolute atomic E-state index is 10.8. The summed E-state index contributed by atoms with van der Waals surface area (Å²) in [6, 6.07) is 0.598. The molecule has 0 saturated carbocycles. The Morgan fingerprint density at radius 3 is 2.47 bits per heavy atom. The largest absolute Gasteiger partial charge is 0.465 e. The number of rotatable bonds is 3. The number of carbonyl (C=O) groups is 1.